The van der Waals surface area contributed by atoms with E-state index in [1.54, 1.807) is 18.2 Å². The van der Waals surface area contributed by atoms with Crippen molar-refractivity contribution in [3.8, 4) is 5.75 Å². The minimum atomic E-state index is -1.06. The van der Waals surface area contributed by atoms with Gasteiger partial charge in [0.05, 0.1) is 5.56 Å². The molecule has 2 rings (SSSR count). The summed E-state index contributed by atoms with van der Waals surface area (Å²) in [6.07, 6.45) is 0. The molecule has 0 bridgehead atoms. The van der Waals surface area contributed by atoms with Crippen molar-refractivity contribution in [2.45, 2.75) is 6.92 Å². The number of ketones is 1. The fraction of sp³-hybridized carbons (Fsp3) is 0.125. The van der Waals surface area contributed by atoms with E-state index in [-0.39, 0.29) is 18.0 Å². The van der Waals surface area contributed by atoms with Gasteiger partial charge in [-0.3, -0.25) is 4.79 Å². The zero-order valence-corrected chi connectivity index (χ0v) is 11.0. The maximum atomic E-state index is 12.0. The Balaban J connectivity index is 2.05. The Morgan fingerprint density at radius 3 is 2.45 bits per heavy atom. The Hall–Kier alpha value is -2.62. The molecular weight excluding hydrogens is 256 g/mol. The van der Waals surface area contributed by atoms with E-state index in [2.05, 4.69) is 0 Å². The Kier molecular flexibility index (Phi) is 4.15. The molecule has 2 aromatic carbocycles. The number of Topliss-reactive ketones (excluding diaryl/α,β-unsaturated/α-hetero) is 1. The molecule has 0 heterocycles. The molecule has 0 amide bonds. The lowest BCUT2D eigenvalue weighted by molar-refractivity contribution is 0.0697. The van der Waals surface area contributed by atoms with Gasteiger partial charge in [-0.2, -0.15) is 0 Å². The first-order valence-electron chi connectivity index (χ1n) is 6.12. The third-order valence-electron chi connectivity index (χ3n) is 2.79. The van der Waals surface area contributed by atoms with E-state index < -0.39 is 5.97 Å². The number of aromatic carboxylic acids is 1. The van der Waals surface area contributed by atoms with Crippen molar-refractivity contribution in [2.75, 3.05) is 6.61 Å². The first kappa shape index (κ1) is 13.8. The van der Waals surface area contributed by atoms with E-state index in [1.807, 2.05) is 25.1 Å². The number of aryl methyl sites for hydroxylation is 1. The van der Waals surface area contributed by atoms with E-state index in [0.29, 0.717) is 11.3 Å². The summed E-state index contributed by atoms with van der Waals surface area (Å²) in [5, 5.41) is 8.89. The zero-order valence-electron chi connectivity index (χ0n) is 11.0. The SMILES string of the molecule is Cc1cccc(OCC(=O)c2cccc(C(=O)O)c2)c1. The van der Waals surface area contributed by atoms with E-state index in [1.165, 1.54) is 12.1 Å². The fourth-order valence-electron chi connectivity index (χ4n) is 1.76. The van der Waals surface area contributed by atoms with Crippen molar-refractivity contribution in [3.63, 3.8) is 0 Å². The monoisotopic (exact) mass is 270 g/mol. The molecule has 0 aliphatic rings. The van der Waals surface area contributed by atoms with Gasteiger partial charge in [0.1, 0.15) is 5.75 Å². The maximum Gasteiger partial charge on any atom is 0.335 e. The van der Waals surface area contributed by atoms with Crippen molar-refractivity contribution in [2.24, 2.45) is 0 Å². The molecule has 0 atom stereocenters. The third kappa shape index (κ3) is 3.45. The van der Waals surface area contributed by atoms with E-state index in [9.17, 15) is 9.59 Å². The summed E-state index contributed by atoms with van der Waals surface area (Å²) < 4.78 is 5.41. The first-order chi connectivity index (χ1) is 9.56. The predicted octanol–water partition coefficient (Wildman–Crippen LogP) is 2.95. The van der Waals surface area contributed by atoms with Crippen molar-refractivity contribution in [3.05, 3.63) is 65.2 Å². The highest BCUT2D eigenvalue weighted by Gasteiger charge is 2.10. The molecule has 0 saturated carbocycles. The summed E-state index contributed by atoms with van der Waals surface area (Å²) in [5.41, 5.74) is 1.46. The highest BCUT2D eigenvalue weighted by Crippen LogP contribution is 2.13. The van der Waals surface area contributed by atoms with Crippen LogP contribution in [-0.4, -0.2) is 23.5 Å². The molecule has 4 nitrogen and oxygen atoms in total. The highest BCUT2D eigenvalue weighted by atomic mass is 16.5. The number of hydrogen-bond acceptors (Lipinski definition) is 3. The summed E-state index contributed by atoms with van der Waals surface area (Å²) in [4.78, 5) is 22.8. The Morgan fingerprint density at radius 2 is 1.75 bits per heavy atom. The van der Waals surface area contributed by atoms with Gasteiger partial charge in [-0.25, -0.2) is 4.79 Å². The number of carboxylic acid groups (broad SMARTS) is 1. The minimum Gasteiger partial charge on any atom is -0.485 e. The standard InChI is InChI=1S/C16H14O4/c1-11-4-2-7-14(8-11)20-10-15(17)12-5-3-6-13(9-12)16(18)19/h2-9H,10H2,1H3,(H,18,19). The average molecular weight is 270 g/mol. The van der Waals surface area contributed by atoms with Crippen LogP contribution >= 0.6 is 0 Å². The number of benzene rings is 2. The van der Waals surface area contributed by atoms with Gasteiger partial charge < -0.3 is 9.84 Å². The van der Waals surface area contributed by atoms with Crippen molar-refractivity contribution in [1.29, 1.82) is 0 Å². The van der Waals surface area contributed by atoms with Gasteiger partial charge in [0.2, 0.25) is 0 Å². The normalized spacial score (nSPS) is 10.1. The Bertz CT molecular complexity index is 646. The van der Waals surface area contributed by atoms with E-state index in [4.69, 9.17) is 9.84 Å². The summed E-state index contributed by atoms with van der Waals surface area (Å²) in [6, 6.07) is 13.3. The Morgan fingerprint density at radius 1 is 1.05 bits per heavy atom. The third-order valence-corrected chi connectivity index (χ3v) is 2.79. The molecule has 0 saturated heterocycles. The van der Waals surface area contributed by atoms with Gasteiger partial charge >= 0.3 is 5.97 Å². The molecule has 0 unspecified atom stereocenters. The van der Waals surface area contributed by atoms with Gasteiger partial charge in [0.15, 0.2) is 12.4 Å². The number of carbonyl (C=O) groups excluding carboxylic acids is 1. The molecule has 0 aromatic heterocycles. The van der Waals surface area contributed by atoms with Crippen LogP contribution in [0, 0.1) is 6.92 Å². The summed E-state index contributed by atoms with van der Waals surface area (Å²) in [5.74, 6) is -0.693. The van der Waals surface area contributed by atoms with Gasteiger partial charge in [0.25, 0.3) is 0 Å². The number of carbonyl (C=O) groups is 2. The molecule has 0 aliphatic heterocycles. The largest absolute Gasteiger partial charge is 0.485 e. The van der Waals surface area contributed by atoms with Crippen molar-refractivity contribution in [1.82, 2.24) is 0 Å². The number of ether oxygens (including phenoxy) is 1. The van der Waals surface area contributed by atoms with Gasteiger partial charge in [-0.05, 0) is 36.8 Å². The highest BCUT2D eigenvalue weighted by molar-refractivity contribution is 5.99. The minimum absolute atomic E-state index is 0.0893. The van der Waals surface area contributed by atoms with Crippen LogP contribution in [0.15, 0.2) is 48.5 Å². The number of rotatable bonds is 5. The van der Waals surface area contributed by atoms with Gasteiger partial charge in [-0.1, -0.05) is 24.3 Å². The number of hydrogen-bond donors (Lipinski definition) is 1. The van der Waals surface area contributed by atoms with Crippen LogP contribution in [0.5, 0.6) is 5.75 Å². The lowest BCUT2D eigenvalue weighted by atomic mass is 10.1. The van der Waals surface area contributed by atoms with E-state index >= 15 is 0 Å². The van der Waals surface area contributed by atoms with E-state index in [0.717, 1.165) is 5.56 Å². The molecule has 1 N–H and O–H groups in total. The van der Waals surface area contributed by atoms with Gasteiger partial charge in [-0.15, -0.1) is 0 Å². The van der Waals surface area contributed by atoms with Crippen LogP contribution in [0.3, 0.4) is 0 Å². The van der Waals surface area contributed by atoms with Crippen LogP contribution in [-0.2, 0) is 0 Å². The lowest BCUT2D eigenvalue weighted by Crippen LogP contribution is -2.12. The van der Waals surface area contributed by atoms with Crippen LogP contribution in [0.1, 0.15) is 26.3 Å². The smallest absolute Gasteiger partial charge is 0.335 e. The molecule has 0 radical (unpaired) electrons. The summed E-state index contributed by atoms with van der Waals surface area (Å²) >= 11 is 0. The number of carboxylic acids is 1. The van der Waals surface area contributed by atoms with Crippen LogP contribution < -0.4 is 4.74 Å². The average Bonchev–Trinajstić information content (AvgIpc) is 2.45. The molecular formula is C16H14O4. The van der Waals surface area contributed by atoms with Crippen LogP contribution in [0.4, 0.5) is 0 Å². The van der Waals surface area contributed by atoms with Gasteiger partial charge in [0, 0.05) is 5.56 Å². The fourth-order valence-corrected chi connectivity index (χ4v) is 1.76. The molecule has 0 aliphatic carbocycles. The van der Waals surface area contributed by atoms with Crippen molar-refractivity contribution >= 4 is 11.8 Å². The molecule has 0 spiro atoms. The molecule has 2 aromatic rings. The quantitative estimate of drug-likeness (QED) is 0.848. The molecule has 102 valence electrons. The Labute approximate surface area is 116 Å². The second kappa shape index (κ2) is 6.02. The maximum absolute atomic E-state index is 12.0. The first-order valence-corrected chi connectivity index (χ1v) is 6.12. The topological polar surface area (TPSA) is 63.6 Å². The predicted molar refractivity (Wildman–Crippen MR) is 74.4 cm³/mol. The van der Waals surface area contributed by atoms with Crippen LogP contribution in [0.25, 0.3) is 0 Å². The van der Waals surface area contributed by atoms with Crippen LogP contribution in [0.2, 0.25) is 0 Å². The molecule has 4 heteroatoms. The molecule has 0 fully saturated rings. The lowest BCUT2D eigenvalue weighted by Gasteiger charge is -2.06. The summed E-state index contributed by atoms with van der Waals surface area (Å²) in [7, 11) is 0. The zero-order chi connectivity index (χ0) is 14.5. The summed E-state index contributed by atoms with van der Waals surface area (Å²) in [6.45, 7) is 1.82. The molecule has 20 heavy (non-hydrogen) atoms. The van der Waals surface area contributed by atoms with Crippen molar-refractivity contribution < 1.29 is 19.4 Å². The second-order valence-corrected chi connectivity index (χ2v) is 4.41. The second-order valence-electron chi connectivity index (χ2n) is 4.41.